The predicted octanol–water partition coefficient (Wildman–Crippen LogP) is 10.5. The van der Waals surface area contributed by atoms with Gasteiger partial charge in [0, 0.05) is 23.6 Å². The van der Waals surface area contributed by atoms with Crippen molar-refractivity contribution >= 4 is 5.97 Å². The summed E-state index contributed by atoms with van der Waals surface area (Å²) in [5.41, 5.74) is 6.02. The largest absolute Gasteiger partial charge is 0.507 e. The van der Waals surface area contributed by atoms with Gasteiger partial charge in [0.1, 0.15) is 11.5 Å². The first-order valence-corrected chi connectivity index (χ1v) is 15.8. The Kier molecular flexibility index (Phi) is 11.9. The SMILES string of the molecule is C=CC(=O)Oc1c(Cc2cc(C(C)(C)CCCC)cc(CC(C)C)c2O)cc(C(C)(C)CCCC)cc1C(C)(C)C. The van der Waals surface area contributed by atoms with Crippen molar-refractivity contribution < 1.29 is 14.6 Å². The summed E-state index contributed by atoms with van der Waals surface area (Å²) < 4.78 is 6.02. The quantitative estimate of drug-likeness (QED) is 0.141. The summed E-state index contributed by atoms with van der Waals surface area (Å²) in [4.78, 5) is 12.6. The van der Waals surface area contributed by atoms with Crippen LogP contribution in [-0.2, 0) is 33.9 Å². The van der Waals surface area contributed by atoms with Gasteiger partial charge >= 0.3 is 5.97 Å². The molecule has 0 atom stereocenters. The molecule has 0 spiro atoms. The number of aromatic hydroxyl groups is 1. The predicted molar refractivity (Wildman–Crippen MR) is 176 cm³/mol. The summed E-state index contributed by atoms with van der Waals surface area (Å²) in [5.74, 6) is 0.913. The maximum absolute atomic E-state index is 12.6. The molecule has 0 aliphatic heterocycles. The molecule has 0 fully saturated rings. The monoisotopic (exact) mass is 562 g/mol. The van der Waals surface area contributed by atoms with E-state index in [0.29, 0.717) is 23.8 Å². The number of esters is 1. The van der Waals surface area contributed by atoms with Crippen LogP contribution in [0.5, 0.6) is 11.5 Å². The van der Waals surface area contributed by atoms with Gasteiger partial charge in [0.15, 0.2) is 0 Å². The molecule has 1 N–H and O–H groups in total. The van der Waals surface area contributed by atoms with Crippen LogP contribution in [0.1, 0.15) is 148 Å². The third kappa shape index (κ3) is 9.22. The number of carbonyl (C=O) groups excluding carboxylic acids is 1. The number of carbonyl (C=O) groups is 1. The summed E-state index contributed by atoms with van der Waals surface area (Å²) in [5, 5.41) is 11.6. The lowest BCUT2D eigenvalue weighted by Crippen LogP contribution is -2.22. The zero-order valence-corrected chi connectivity index (χ0v) is 28.1. The lowest BCUT2D eigenvalue weighted by atomic mass is 9.75. The second-order valence-electron chi connectivity index (χ2n) is 14.8. The van der Waals surface area contributed by atoms with E-state index < -0.39 is 5.97 Å². The molecule has 2 aromatic rings. The lowest BCUT2D eigenvalue weighted by Gasteiger charge is -2.31. The normalized spacial score (nSPS) is 12.6. The number of unbranched alkanes of at least 4 members (excludes halogenated alkanes) is 2. The molecule has 228 valence electrons. The van der Waals surface area contributed by atoms with Crippen LogP contribution in [0.2, 0.25) is 0 Å². The van der Waals surface area contributed by atoms with Crippen LogP contribution in [0.4, 0.5) is 0 Å². The van der Waals surface area contributed by atoms with E-state index in [1.165, 1.54) is 17.2 Å². The van der Waals surface area contributed by atoms with Gasteiger partial charge in [-0.2, -0.15) is 0 Å². The minimum Gasteiger partial charge on any atom is -0.507 e. The number of benzene rings is 2. The fourth-order valence-corrected chi connectivity index (χ4v) is 5.64. The fourth-order valence-electron chi connectivity index (χ4n) is 5.64. The Labute approximate surface area is 251 Å². The molecular formula is C38H58O3. The molecule has 0 aliphatic rings. The molecule has 0 aliphatic carbocycles. The maximum atomic E-state index is 12.6. The number of hydrogen-bond acceptors (Lipinski definition) is 3. The van der Waals surface area contributed by atoms with E-state index >= 15 is 0 Å². The highest BCUT2D eigenvalue weighted by Gasteiger charge is 2.30. The summed E-state index contributed by atoms with van der Waals surface area (Å²) in [6.07, 6.45) is 9.29. The zero-order chi connectivity index (χ0) is 31.2. The Balaban J connectivity index is 2.88. The van der Waals surface area contributed by atoms with Crippen LogP contribution in [0.25, 0.3) is 0 Å². The third-order valence-corrected chi connectivity index (χ3v) is 8.49. The van der Waals surface area contributed by atoms with Gasteiger partial charge < -0.3 is 9.84 Å². The topological polar surface area (TPSA) is 46.5 Å². The second-order valence-corrected chi connectivity index (χ2v) is 14.8. The Morgan fingerprint density at radius 2 is 1.34 bits per heavy atom. The van der Waals surface area contributed by atoms with Gasteiger partial charge in [-0.25, -0.2) is 4.79 Å². The molecule has 0 saturated carbocycles. The summed E-state index contributed by atoms with van der Waals surface area (Å²) in [6, 6.07) is 8.86. The first-order valence-electron chi connectivity index (χ1n) is 15.8. The van der Waals surface area contributed by atoms with Gasteiger partial charge in [-0.1, -0.05) is 133 Å². The Morgan fingerprint density at radius 3 is 1.80 bits per heavy atom. The molecule has 0 amide bonds. The number of phenols is 1. The average molecular weight is 563 g/mol. The fraction of sp³-hybridized carbons (Fsp3) is 0.605. The van der Waals surface area contributed by atoms with Crippen LogP contribution in [0.15, 0.2) is 36.9 Å². The van der Waals surface area contributed by atoms with Crippen molar-refractivity contribution in [3.8, 4) is 11.5 Å². The Bertz CT molecular complexity index is 1190. The van der Waals surface area contributed by atoms with Gasteiger partial charge in [-0.15, -0.1) is 0 Å². The van der Waals surface area contributed by atoms with E-state index in [0.717, 1.165) is 67.2 Å². The van der Waals surface area contributed by atoms with E-state index in [9.17, 15) is 9.90 Å². The Hall–Kier alpha value is -2.55. The Morgan fingerprint density at radius 1 is 0.854 bits per heavy atom. The maximum Gasteiger partial charge on any atom is 0.335 e. The van der Waals surface area contributed by atoms with E-state index in [-0.39, 0.29) is 16.2 Å². The van der Waals surface area contributed by atoms with Gasteiger partial charge in [0.2, 0.25) is 0 Å². The number of hydrogen-bond donors (Lipinski definition) is 1. The van der Waals surface area contributed by atoms with Crippen LogP contribution < -0.4 is 4.74 Å². The number of phenolic OH excluding ortho intramolecular Hbond substituents is 1. The minimum atomic E-state index is -0.464. The average Bonchev–Trinajstić information content (AvgIpc) is 2.88. The molecule has 3 nitrogen and oxygen atoms in total. The molecule has 2 rings (SSSR count). The van der Waals surface area contributed by atoms with E-state index in [1.54, 1.807) is 0 Å². The highest BCUT2D eigenvalue weighted by Crippen LogP contribution is 2.43. The van der Waals surface area contributed by atoms with E-state index in [2.05, 4.69) is 107 Å². The molecule has 0 heterocycles. The van der Waals surface area contributed by atoms with Crippen molar-refractivity contribution in [3.63, 3.8) is 0 Å². The van der Waals surface area contributed by atoms with Crippen LogP contribution in [0.3, 0.4) is 0 Å². The van der Waals surface area contributed by atoms with Crippen LogP contribution >= 0.6 is 0 Å². The van der Waals surface area contributed by atoms with E-state index in [4.69, 9.17) is 4.74 Å². The molecule has 2 aromatic carbocycles. The zero-order valence-electron chi connectivity index (χ0n) is 28.1. The molecule has 3 heteroatoms. The van der Waals surface area contributed by atoms with Gasteiger partial charge in [-0.3, -0.25) is 0 Å². The first kappa shape index (κ1) is 34.7. The van der Waals surface area contributed by atoms with Crippen molar-refractivity contribution in [2.45, 2.75) is 144 Å². The van der Waals surface area contributed by atoms with Crippen molar-refractivity contribution in [2.75, 3.05) is 0 Å². The first-order chi connectivity index (χ1) is 19.0. The van der Waals surface area contributed by atoms with Gasteiger partial charge in [0.25, 0.3) is 0 Å². The van der Waals surface area contributed by atoms with Crippen LogP contribution in [-0.4, -0.2) is 11.1 Å². The summed E-state index contributed by atoms with van der Waals surface area (Å²) in [6.45, 7) is 28.2. The smallest absolute Gasteiger partial charge is 0.335 e. The number of ether oxygens (including phenoxy) is 1. The van der Waals surface area contributed by atoms with Crippen molar-refractivity contribution in [1.82, 2.24) is 0 Å². The van der Waals surface area contributed by atoms with Gasteiger partial charge in [-0.05, 0) is 63.7 Å². The molecule has 0 bridgehead atoms. The highest BCUT2D eigenvalue weighted by atomic mass is 16.5. The molecular weight excluding hydrogens is 504 g/mol. The van der Waals surface area contributed by atoms with Crippen molar-refractivity contribution in [2.24, 2.45) is 5.92 Å². The van der Waals surface area contributed by atoms with Crippen molar-refractivity contribution in [1.29, 1.82) is 0 Å². The van der Waals surface area contributed by atoms with Crippen molar-refractivity contribution in [3.05, 3.63) is 70.3 Å². The summed E-state index contributed by atoms with van der Waals surface area (Å²) >= 11 is 0. The number of rotatable bonds is 14. The lowest BCUT2D eigenvalue weighted by molar-refractivity contribution is -0.129. The minimum absolute atomic E-state index is 0.0110. The third-order valence-electron chi connectivity index (χ3n) is 8.49. The molecule has 41 heavy (non-hydrogen) atoms. The second kappa shape index (κ2) is 14.1. The highest BCUT2D eigenvalue weighted by molar-refractivity contribution is 5.84. The molecule has 0 saturated heterocycles. The molecule has 0 unspecified atom stereocenters. The van der Waals surface area contributed by atoms with E-state index in [1.807, 2.05) is 0 Å². The molecule has 0 radical (unpaired) electrons. The summed E-state index contributed by atoms with van der Waals surface area (Å²) in [7, 11) is 0. The molecule has 0 aromatic heterocycles. The van der Waals surface area contributed by atoms with Gasteiger partial charge in [0.05, 0.1) is 0 Å². The standard InChI is InChI=1S/C38H58O3/c1-13-16-18-37(9,10)30-22-27(20-26(4)5)34(40)28(23-30)21-29-24-31(38(11,12)19-17-14-2)25-32(36(6,7)8)35(29)41-33(39)15-3/h15,22-26,40H,3,13-14,16-21H2,1-2,4-12H3. The van der Waals surface area contributed by atoms with Crippen LogP contribution in [0, 0.1) is 5.92 Å².